The fraction of sp³-hybridized carbons (Fsp3) is 0.462. The topological polar surface area (TPSA) is 86.9 Å². The zero-order valence-electron chi connectivity index (χ0n) is 11.1. The van der Waals surface area contributed by atoms with Gasteiger partial charge < -0.3 is 10.3 Å². The summed E-state index contributed by atoms with van der Waals surface area (Å²) in [6.07, 6.45) is 3.10. The predicted molar refractivity (Wildman–Crippen MR) is 79.1 cm³/mol. The lowest BCUT2D eigenvalue weighted by Crippen LogP contribution is -2.40. The molecule has 1 fully saturated rings. The summed E-state index contributed by atoms with van der Waals surface area (Å²) in [6.45, 7) is 0.894. The summed E-state index contributed by atoms with van der Waals surface area (Å²) >= 11 is 0. The van der Waals surface area contributed by atoms with Crippen molar-refractivity contribution < 1.29 is 8.42 Å². The van der Waals surface area contributed by atoms with Crippen LogP contribution >= 0.6 is 0 Å². The molecular formula is C13H18N4O2S. The van der Waals surface area contributed by atoms with Gasteiger partial charge in [-0.15, -0.1) is 0 Å². The van der Waals surface area contributed by atoms with E-state index in [1.165, 1.54) is 0 Å². The molecule has 0 amide bonds. The molecule has 108 valence electrons. The first kappa shape index (κ1) is 13.4. The Kier molecular flexibility index (Phi) is 3.62. The Morgan fingerprint density at radius 1 is 1.30 bits per heavy atom. The Labute approximate surface area is 118 Å². The number of hydrogen-bond acceptors (Lipinski definition) is 4. The van der Waals surface area contributed by atoms with Crippen molar-refractivity contribution in [2.75, 3.05) is 17.0 Å². The molecule has 0 bridgehead atoms. The number of para-hydroxylation sites is 2. The fourth-order valence-electron chi connectivity index (χ4n) is 2.52. The molecule has 0 saturated carbocycles. The molecule has 1 aromatic carbocycles. The summed E-state index contributed by atoms with van der Waals surface area (Å²) in [5, 5.41) is 3.24. The Morgan fingerprint density at radius 3 is 2.90 bits per heavy atom. The standard InChI is InChI=1S/C13H18N4O2S/c18-20(19,9-10-5-3-4-8-14-10)17-13-15-11-6-1-2-7-12(11)16-13/h1-2,6-7,10,14H,3-5,8-9H2,(H2,15,16,17). The number of H-pyrrole nitrogens is 1. The summed E-state index contributed by atoms with van der Waals surface area (Å²) in [4.78, 5) is 7.19. The van der Waals surface area contributed by atoms with E-state index in [9.17, 15) is 8.42 Å². The van der Waals surface area contributed by atoms with Crippen molar-refractivity contribution in [3.63, 3.8) is 0 Å². The lowest BCUT2D eigenvalue weighted by atomic mass is 10.1. The van der Waals surface area contributed by atoms with E-state index in [1.54, 1.807) is 0 Å². The number of benzene rings is 1. The van der Waals surface area contributed by atoms with Gasteiger partial charge in [0.05, 0.1) is 16.8 Å². The van der Waals surface area contributed by atoms with Crippen LogP contribution in [0, 0.1) is 0 Å². The summed E-state index contributed by atoms with van der Waals surface area (Å²) < 4.78 is 26.8. The number of hydrogen-bond donors (Lipinski definition) is 3. The molecule has 0 aliphatic carbocycles. The lowest BCUT2D eigenvalue weighted by molar-refractivity contribution is 0.424. The van der Waals surface area contributed by atoms with Gasteiger partial charge in [0.25, 0.3) is 0 Å². The molecule has 3 rings (SSSR count). The first-order valence-corrected chi connectivity index (χ1v) is 8.46. The van der Waals surface area contributed by atoms with Gasteiger partial charge in [0.1, 0.15) is 0 Å². The molecule has 7 heteroatoms. The van der Waals surface area contributed by atoms with Gasteiger partial charge in [-0.2, -0.15) is 0 Å². The second kappa shape index (κ2) is 5.41. The summed E-state index contributed by atoms with van der Waals surface area (Å²) in [5.74, 6) is 0.367. The van der Waals surface area contributed by atoms with Gasteiger partial charge in [0.15, 0.2) is 0 Å². The molecule has 0 spiro atoms. The number of rotatable bonds is 4. The third kappa shape index (κ3) is 3.10. The maximum atomic E-state index is 12.1. The Bertz CT molecular complexity index is 656. The fourth-order valence-corrected chi connectivity index (χ4v) is 3.81. The van der Waals surface area contributed by atoms with Crippen LogP contribution in [0.25, 0.3) is 11.0 Å². The van der Waals surface area contributed by atoms with Crippen LogP contribution in [0.4, 0.5) is 5.95 Å². The summed E-state index contributed by atoms with van der Waals surface area (Å²) in [5.41, 5.74) is 1.57. The molecular weight excluding hydrogens is 276 g/mol. The average molecular weight is 294 g/mol. The second-order valence-electron chi connectivity index (χ2n) is 5.13. The minimum Gasteiger partial charge on any atom is -0.323 e. The van der Waals surface area contributed by atoms with Crippen LogP contribution in [-0.2, 0) is 10.0 Å². The van der Waals surface area contributed by atoms with Gasteiger partial charge >= 0.3 is 0 Å². The van der Waals surface area contributed by atoms with Gasteiger partial charge in [-0.25, -0.2) is 13.4 Å². The van der Waals surface area contributed by atoms with Gasteiger partial charge in [-0.05, 0) is 31.5 Å². The number of nitrogens with zero attached hydrogens (tertiary/aromatic N) is 1. The van der Waals surface area contributed by atoms with Gasteiger partial charge in [0.2, 0.25) is 16.0 Å². The van der Waals surface area contributed by atoms with E-state index in [0.717, 1.165) is 36.8 Å². The molecule has 3 N–H and O–H groups in total. The normalized spacial score (nSPS) is 20.1. The molecule has 2 heterocycles. The average Bonchev–Trinajstić information content (AvgIpc) is 2.80. The smallest absolute Gasteiger partial charge is 0.236 e. The summed E-state index contributed by atoms with van der Waals surface area (Å²) in [7, 11) is -3.39. The van der Waals surface area contributed by atoms with Crippen molar-refractivity contribution >= 4 is 27.0 Å². The molecule has 1 unspecified atom stereocenters. The van der Waals surface area contributed by atoms with E-state index in [4.69, 9.17) is 0 Å². The summed E-state index contributed by atoms with van der Waals surface area (Å²) in [6, 6.07) is 7.48. The van der Waals surface area contributed by atoms with Crippen molar-refractivity contribution in [1.29, 1.82) is 0 Å². The van der Waals surface area contributed by atoms with Crippen LogP contribution < -0.4 is 10.0 Å². The van der Waals surface area contributed by atoms with E-state index in [0.29, 0.717) is 0 Å². The van der Waals surface area contributed by atoms with Crippen molar-refractivity contribution in [1.82, 2.24) is 15.3 Å². The van der Waals surface area contributed by atoms with E-state index in [-0.39, 0.29) is 17.7 Å². The van der Waals surface area contributed by atoms with Gasteiger partial charge in [-0.1, -0.05) is 18.6 Å². The van der Waals surface area contributed by atoms with Crippen LogP contribution in [0.1, 0.15) is 19.3 Å². The molecule has 2 aromatic rings. The molecule has 1 aliphatic heterocycles. The Hall–Kier alpha value is -1.60. The van der Waals surface area contributed by atoms with E-state index in [1.807, 2.05) is 24.3 Å². The molecule has 1 aliphatic rings. The van der Waals surface area contributed by atoms with Crippen LogP contribution in [0.2, 0.25) is 0 Å². The van der Waals surface area contributed by atoms with Crippen molar-refractivity contribution in [2.24, 2.45) is 0 Å². The minimum atomic E-state index is -3.39. The molecule has 1 atom stereocenters. The second-order valence-corrected chi connectivity index (χ2v) is 6.90. The number of piperidine rings is 1. The largest absolute Gasteiger partial charge is 0.323 e. The monoisotopic (exact) mass is 294 g/mol. The third-order valence-corrected chi connectivity index (χ3v) is 4.82. The van der Waals surface area contributed by atoms with E-state index < -0.39 is 10.0 Å². The molecule has 0 radical (unpaired) electrons. The highest BCUT2D eigenvalue weighted by atomic mass is 32.2. The Morgan fingerprint density at radius 2 is 2.15 bits per heavy atom. The number of anilines is 1. The SMILES string of the molecule is O=S(=O)(CC1CCCCN1)Nc1nc2ccccc2[nH]1. The van der Waals surface area contributed by atoms with E-state index >= 15 is 0 Å². The molecule has 1 saturated heterocycles. The third-order valence-electron chi connectivity index (χ3n) is 3.47. The minimum absolute atomic E-state index is 0.0330. The molecule has 1 aromatic heterocycles. The Balaban J connectivity index is 1.71. The molecule has 20 heavy (non-hydrogen) atoms. The van der Waals surface area contributed by atoms with Crippen LogP contribution in [0.3, 0.4) is 0 Å². The van der Waals surface area contributed by atoms with Gasteiger partial charge in [0, 0.05) is 6.04 Å². The number of nitrogens with one attached hydrogen (secondary N) is 3. The van der Waals surface area contributed by atoms with Crippen LogP contribution in [-0.4, -0.2) is 36.7 Å². The van der Waals surface area contributed by atoms with Gasteiger partial charge in [-0.3, -0.25) is 4.72 Å². The number of fused-ring (bicyclic) bond motifs is 1. The number of imidazole rings is 1. The zero-order valence-corrected chi connectivity index (χ0v) is 11.9. The number of aromatic amines is 1. The molecule has 6 nitrogen and oxygen atoms in total. The predicted octanol–water partition coefficient (Wildman–Crippen LogP) is 1.45. The maximum absolute atomic E-state index is 12.1. The zero-order chi connectivity index (χ0) is 14.0. The lowest BCUT2D eigenvalue weighted by Gasteiger charge is -2.23. The quantitative estimate of drug-likeness (QED) is 0.796. The number of aromatic nitrogens is 2. The first-order valence-electron chi connectivity index (χ1n) is 6.81. The highest BCUT2D eigenvalue weighted by Gasteiger charge is 2.21. The highest BCUT2D eigenvalue weighted by Crippen LogP contribution is 2.15. The number of sulfonamides is 1. The first-order chi connectivity index (χ1) is 9.62. The maximum Gasteiger partial charge on any atom is 0.236 e. The van der Waals surface area contributed by atoms with Crippen LogP contribution in [0.5, 0.6) is 0 Å². The van der Waals surface area contributed by atoms with Crippen molar-refractivity contribution in [3.05, 3.63) is 24.3 Å². The van der Waals surface area contributed by atoms with E-state index in [2.05, 4.69) is 20.0 Å². The van der Waals surface area contributed by atoms with Crippen molar-refractivity contribution in [3.8, 4) is 0 Å². The van der Waals surface area contributed by atoms with Crippen LogP contribution in [0.15, 0.2) is 24.3 Å². The highest BCUT2D eigenvalue weighted by molar-refractivity contribution is 7.92. The van der Waals surface area contributed by atoms with Crippen molar-refractivity contribution in [2.45, 2.75) is 25.3 Å².